The van der Waals surface area contributed by atoms with Crippen LogP contribution in [0.5, 0.6) is 11.5 Å². The van der Waals surface area contributed by atoms with Crippen LogP contribution in [-0.2, 0) is 0 Å². The highest BCUT2D eigenvalue weighted by Gasteiger charge is 2.13. The lowest BCUT2D eigenvalue weighted by molar-refractivity contribution is 0.174. The van der Waals surface area contributed by atoms with E-state index in [0.29, 0.717) is 17.5 Å². The molecule has 0 bridgehead atoms. The summed E-state index contributed by atoms with van der Waals surface area (Å²) in [4.78, 5) is 8.26. The molecule has 3 rings (SSSR count). The van der Waals surface area contributed by atoms with Gasteiger partial charge in [-0.15, -0.1) is 0 Å². The van der Waals surface area contributed by atoms with Crippen molar-refractivity contribution in [1.29, 1.82) is 0 Å². The summed E-state index contributed by atoms with van der Waals surface area (Å²) < 4.78 is 10.6. The SMILES string of the molecule is Cc1nc(N)cc(Nc2ccc3c(c2)OCO3)n1. The van der Waals surface area contributed by atoms with Crippen LogP contribution in [0.15, 0.2) is 24.3 Å². The van der Waals surface area contributed by atoms with Gasteiger partial charge in [0.15, 0.2) is 11.5 Å². The van der Waals surface area contributed by atoms with Gasteiger partial charge in [0.2, 0.25) is 6.79 Å². The lowest BCUT2D eigenvalue weighted by Gasteiger charge is -2.07. The molecule has 3 N–H and O–H groups in total. The van der Waals surface area contributed by atoms with E-state index in [1.807, 2.05) is 18.2 Å². The van der Waals surface area contributed by atoms with Crippen LogP contribution in [0.3, 0.4) is 0 Å². The van der Waals surface area contributed by atoms with E-state index in [-0.39, 0.29) is 6.79 Å². The zero-order valence-corrected chi connectivity index (χ0v) is 9.80. The fourth-order valence-electron chi connectivity index (χ4n) is 1.78. The highest BCUT2D eigenvalue weighted by atomic mass is 16.7. The number of ether oxygens (including phenoxy) is 2. The van der Waals surface area contributed by atoms with Crippen molar-refractivity contribution in [2.24, 2.45) is 0 Å². The van der Waals surface area contributed by atoms with Crippen LogP contribution < -0.4 is 20.5 Å². The minimum Gasteiger partial charge on any atom is -0.454 e. The molecule has 6 heteroatoms. The van der Waals surface area contributed by atoms with Crippen LogP contribution in [0.2, 0.25) is 0 Å². The molecule has 1 aromatic heterocycles. The average molecular weight is 244 g/mol. The molecule has 0 saturated carbocycles. The average Bonchev–Trinajstić information content (AvgIpc) is 2.74. The third-order valence-electron chi connectivity index (χ3n) is 2.50. The van der Waals surface area contributed by atoms with Gasteiger partial charge >= 0.3 is 0 Å². The Morgan fingerprint density at radius 1 is 1.17 bits per heavy atom. The second-order valence-electron chi connectivity index (χ2n) is 3.92. The predicted molar refractivity (Wildman–Crippen MR) is 67.0 cm³/mol. The van der Waals surface area contributed by atoms with E-state index < -0.39 is 0 Å². The van der Waals surface area contributed by atoms with Gasteiger partial charge in [-0.2, -0.15) is 0 Å². The van der Waals surface area contributed by atoms with Crippen LogP contribution in [0.4, 0.5) is 17.3 Å². The van der Waals surface area contributed by atoms with Crippen LogP contribution in [0.25, 0.3) is 0 Å². The molecule has 18 heavy (non-hydrogen) atoms. The number of aryl methyl sites for hydroxylation is 1. The van der Waals surface area contributed by atoms with Gasteiger partial charge in [0.1, 0.15) is 17.5 Å². The van der Waals surface area contributed by atoms with Crippen molar-refractivity contribution < 1.29 is 9.47 Å². The Labute approximate surface area is 104 Å². The van der Waals surface area contributed by atoms with E-state index in [1.54, 1.807) is 13.0 Å². The van der Waals surface area contributed by atoms with Gasteiger partial charge in [0.05, 0.1) is 0 Å². The molecule has 0 spiro atoms. The highest BCUT2D eigenvalue weighted by Crippen LogP contribution is 2.34. The number of hydrogen-bond acceptors (Lipinski definition) is 6. The maximum atomic E-state index is 5.67. The lowest BCUT2D eigenvalue weighted by atomic mass is 10.3. The maximum Gasteiger partial charge on any atom is 0.231 e. The van der Waals surface area contributed by atoms with Crippen molar-refractivity contribution in [3.63, 3.8) is 0 Å². The largest absolute Gasteiger partial charge is 0.454 e. The van der Waals surface area contributed by atoms with Crippen LogP contribution >= 0.6 is 0 Å². The number of anilines is 3. The van der Waals surface area contributed by atoms with Gasteiger partial charge in [-0.25, -0.2) is 9.97 Å². The molecule has 1 aliphatic heterocycles. The summed E-state index contributed by atoms with van der Waals surface area (Å²) in [7, 11) is 0. The minimum atomic E-state index is 0.262. The molecule has 0 atom stereocenters. The van der Waals surface area contributed by atoms with Gasteiger partial charge in [0, 0.05) is 17.8 Å². The van der Waals surface area contributed by atoms with E-state index in [4.69, 9.17) is 15.2 Å². The van der Waals surface area contributed by atoms with Crippen molar-refractivity contribution in [3.8, 4) is 11.5 Å². The maximum absolute atomic E-state index is 5.67. The lowest BCUT2D eigenvalue weighted by Crippen LogP contribution is -2.00. The summed E-state index contributed by atoms with van der Waals surface area (Å²) in [6.07, 6.45) is 0. The van der Waals surface area contributed by atoms with E-state index in [2.05, 4.69) is 15.3 Å². The van der Waals surface area contributed by atoms with E-state index in [1.165, 1.54) is 0 Å². The number of nitrogens with one attached hydrogen (secondary N) is 1. The topological polar surface area (TPSA) is 82.3 Å². The molecule has 0 aliphatic carbocycles. The number of nitrogen functional groups attached to an aromatic ring is 1. The van der Waals surface area contributed by atoms with Crippen molar-refractivity contribution in [1.82, 2.24) is 9.97 Å². The molecule has 0 saturated heterocycles. The molecule has 2 aromatic rings. The van der Waals surface area contributed by atoms with Gasteiger partial charge < -0.3 is 20.5 Å². The zero-order valence-electron chi connectivity index (χ0n) is 9.80. The Hall–Kier alpha value is -2.50. The normalized spacial score (nSPS) is 12.5. The number of nitrogens with two attached hydrogens (primary N) is 1. The molecule has 6 nitrogen and oxygen atoms in total. The molecule has 0 unspecified atom stereocenters. The standard InChI is InChI=1S/C12H12N4O2/c1-7-14-11(13)5-12(15-7)16-8-2-3-9-10(4-8)18-6-17-9/h2-5H,6H2,1H3,(H3,13,14,15,16). The predicted octanol–water partition coefficient (Wildman–Crippen LogP) is 1.84. The Morgan fingerprint density at radius 2 is 2.00 bits per heavy atom. The number of rotatable bonds is 2. The van der Waals surface area contributed by atoms with Crippen molar-refractivity contribution in [3.05, 3.63) is 30.1 Å². The van der Waals surface area contributed by atoms with Crippen LogP contribution in [0.1, 0.15) is 5.82 Å². The fraction of sp³-hybridized carbons (Fsp3) is 0.167. The first-order valence-electron chi connectivity index (χ1n) is 5.48. The highest BCUT2D eigenvalue weighted by molar-refractivity contribution is 5.63. The van der Waals surface area contributed by atoms with Gasteiger partial charge in [-0.3, -0.25) is 0 Å². The zero-order chi connectivity index (χ0) is 12.5. The smallest absolute Gasteiger partial charge is 0.231 e. The van der Waals surface area contributed by atoms with Crippen LogP contribution in [-0.4, -0.2) is 16.8 Å². The second-order valence-corrected chi connectivity index (χ2v) is 3.92. The number of nitrogens with zero attached hydrogens (tertiary/aromatic N) is 2. The molecule has 0 fully saturated rings. The minimum absolute atomic E-state index is 0.262. The van der Waals surface area contributed by atoms with Gasteiger partial charge in [-0.1, -0.05) is 0 Å². The third kappa shape index (κ3) is 2.00. The molecule has 1 aliphatic rings. The first-order valence-corrected chi connectivity index (χ1v) is 5.48. The van der Waals surface area contributed by atoms with Crippen LogP contribution in [0, 0.1) is 6.92 Å². The molecule has 92 valence electrons. The number of hydrogen-bond donors (Lipinski definition) is 2. The molecule has 0 amide bonds. The molecule has 0 radical (unpaired) electrons. The summed E-state index contributed by atoms with van der Waals surface area (Å²) in [5.41, 5.74) is 6.53. The first kappa shape index (κ1) is 10.6. The third-order valence-corrected chi connectivity index (χ3v) is 2.50. The van der Waals surface area contributed by atoms with Crippen molar-refractivity contribution in [2.75, 3.05) is 17.8 Å². The Balaban J connectivity index is 1.88. The molecular formula is C12H12N4O2. The molecule has 2 heterocycles. The summed E-state index contributed by atoms with van der Waals surface area (Å²) >= 11 is 0. The van der Waals surface area contributed by atoms with Gasteiger partial charge in [-0.05, 0) is 19.1 Å². The quantitative estimate of drug-likeness (QED) is 0.838. The van der Waals surface area contributed by atoms with Gasteiger partial charge in [0.25, 0.3) is 0 Å². The summed E-state index contributed by atoms with van der Waals surface area (Å²) in [6.45, 7) is 2.06. The van der Waals surface area contributed by atoms with E-state index in [0.717, 1.165) is 17.2 Å². The van der Waals surface area contributed by atoms with Crippen molar-refractivity contribution >= 4 is 17.3 Å². The summed E-state index contributed by atoms with van der Waals surface area (Å²) in [5.74, 6) is 3.18. The number of aromatic nitrogens is 2. The summed E-state index contributed by atoms with van der Waals surface area (Å²) in [6, 6.07) is 7.27. The summed E-state index contributed by atoms with van der Waals surface area (Å²) in [5, 5.41) is 3.15. The Morgan fingerprint density at radius 3 is 2.83 bits per heavy atom. The fourth-order valence-corrected chi connectivity index (χ4v) is 1.78. The van der Waals surface area contributed by atoms with E-state index in [9.17, 15) is 0 Å². The monoisotopic (exact) mass is 244 g/mol. The Kier molecular flexibility index (Phi) is 2.40. The number of benzene rings is 1. The van der Waals surface area contributed by atoms with Crippen molar-refractivity contribution in [2.45, 2.75) is 6.92 Å². The molecular weight excluding hydrogens is 232 g/mol. The first-order chi connectivity index (χ1) is 8.70. The Bertz CT molecular complexity index is 580. The molecule has 1 aromatic carbocycles. The second kappa shape index (κ2) is 4.06. The van der Waals surface area contributed by atoms with E-state index >= 15 is 0 Å². The number of fused-ring (bicyclic) bond motifs is 1.